The first kappa shape index (κ1) is 68.0. The molecule has 20 aromatic rings. The fraction of sp³-hybridized carbons (Fsp3) is 0.0625. The van der Waals surface area contributed by atoms with E-state index in [0.29, 0.717) is 29.1 Å². The van der Waals surface area contributed by atoms with E-state index in [1.807, 2.05) is 97.1 Å². The zero-order valence-electron chi connectivity index (χ0n) is 60.3. The summed E-state index contributed by atoms with van der Waals surface area (Å²) in [7, 11) is -0.420. The first-order valence-corrected chi connectivity index (χ1v) is 38.6. The van der Waals surface area contributed by atoms with Gasteiger partial charge in [0.2, 0.25) is 5.28 Å². The lowest BCUT2D eigenvalue weighted by molar-refractivity contribution is 0.00578. The molecule has 110 heavy (non-hydrogen) atoms. The monoisotopic (exact) mass is 1480 g/mol. The first-order chi connectivity index (χ1) is 53.9. The third-order valence-electron chi connectivity index (χ3n) is 20.9. The Morgan fingerprint density at radius 2 is 0.636 bits per heavy atom. The predicted molar refractivity (Wildman–Crippen MR) is 456 cm³/mol. The molecule has 14 aromatic carbocycles. The van der Waals surface area contributed by atoms with E-state index in [1.165, 1.54) is 46.8 Å². The van der Waals surface area contributed by atoms with Gasteiger partial charge in [-0.25, -0.2) is 19.9 Å². The molecule has 0 bridgehead atoms. The van der Waals surface area contributed by atoms with Crippen molar-refractivity contribution >= 4 is 131 Å². The fourth-order valence-corrected chi connectivity index (χ4v) is 17.3. The van der Waals surface area contributed by atoms with E-state index in [4.69, 9.17) is 49.7 Å². The van der Waals surface area contributed by atoms with Gasteiger partial charge in [-0.2, -0.15) is 9.97 Å². The van der Waals surface area contributed by atoms with Crippen molar-refractivity contribution in [2.75, 3.05) is 0 Å². The van der Waals surface area contributed by atoms with Crippen molar-refractivity contribution < 1.29 is 18.1 Å². The topological polar surface area (TPSA) is 122 Å². The van der Waals surface area contributed by atoms with Gasteiger partial charge in [0.15, 0.2) is 29.1 Å². The zero-order chi connectivity index (χ0) is 74.0. The number of thiophene rings is 2. The van der Waals surface area contributed by atoms with E-state index in [0.717, 1.165) is 115 Å². The average molecular weight is 1480 g/mol. The van der Waals surface area contributed by atoms with Crippen molar-refractivity contribution in [3.63, 3.8) is 0 Å². The molecule has 1 aliphatic rings. The van der Waals surface area contributed by atoms with E-state index in [9.17, 15) is 0 Å². The highest BCUT2D eigenvalue weighted by Gasteiger charge is 2.52. The molecule has 1 saturated heterocycles. The number of nitrogens with zero attached hydrogens (tertiary/aromatic N) is 6. The van der Waals surface area contributed by atoms with Crippen molar-refractivity contribution in [1.82, 2.24) is 29.9 Å². The number of hydrogen-bond acceptors (Lipinski definition) is 12. The van der Waals surface area contributed by atoms with Crippen molar-refractivity contribution in [2.45, 2.75) is 38.9 Å². The lowest BCUT2D eigenvalue weighted by Crippen LogP contribution is -2.41. The van der Waals surface area contributed by atoms with Gasteiger partial charge >= 0.3 is 7.12 Å². The molecule has 0 radical (unpaired) electrons. The molecule has 7 heterocycles. The van der Waals surface area contributed by atoms with Gasteiger partial charge in [-0.1, -0.05) is 261 Å². The van der Waals surface area contributed by atoms with E-state index < -0.39 is 7.12 Å². The van der Waals surface area contributed by atoms with Gasteiger partial charge < -0.3 is 18.1 Å². The molecule has 1 aliphatic heterocycles. The molecule has 526 valence electrons. The van der Waals surface area contributed by atoms with Gasteiger partial charge in [0.25, 0.3) is 0 Å². The molecule has 21 rings (SSSR count). The minimum Gasteiger partial charge on any atom is -0.455 e. The van der Waals surface area contributed by atoms with Gasteiger partial charge in [-0.3, -0.25) is 0 Å². The summed E-state index contributed by atoms with van der Waals surface area (Å²) >= 11 is 9.74. The van der Waals surface area contributed by atoms with Crippen molar-refractivity contribution in [1.29, 1.82) is 0 Å². The van der Waals surface area contributed by atoms with Crippen LogP contribution in [-0.4, -0.2) is 48.2 Å². The standard InChI is InChI=1S/C45H27N3OS.C30H27BO3.C21H12ClN3S/c1-4-13-28(14-5-1)32-25-37(29-15-6-2-7-16-29)41-38(26-32)33-24-23-31(27-39(33)49-41)44-46-43(30-17-8-3-9-18-30)47-45(48-44)36-21-12-20-35-34-19-10-11-22-40(34)50-42(35)36;1-29(2)30(3,4)34-31(33-29)23-15-16-24-26-18-22(20-11-7-5-8-12-20)17-25(21-13-9-6-10-14-21)28(26)32-27(24)19-23;22-21-24-19(13-7-2-1-3-8-13)23-20(25-21)16-11-6-10-15-14-9-4-5-12-17(14)26-18(15)16/h1-27H;5-19H,1-4H3;1-12H. The summed E-state index contributed by atoms with van der Waals surface area (Å²) in [5.41, 5.74) is 17.3. The lowest BCUT2D eigenvalue weighted by atomic mass is 9.79. The number of hydrogen-bond donors (Lipinski definition) is 0. The second kappa shape index (κ2) is 28.2. The molecule has 0 saturated carbocycles. The van der Waals surface area contributed by atoms with Crippen LogP contribution >= 0.6 is 34.3 Å². The third-order valence-corrected chi connectivity index (χ3v) is 23.5. The summed E-state index contributed by atoms with van der Waals surface area (Å²) in [5.74, 6) is 3.06. The van der Waals surface area contributed by atoms with Crippen molar-refractivity contribution in [3.05, 3.63) is 333 Å². The molecular weight excluding hydrogens is 1410 g/mol. The molecule has 0 amide bonds. The Labute approximate surface area is 647 Å². The third kappa shape index (κ3) is 12.7. The maximum absolute atomic E-state index is 6.74. The Morgan fingerprint density at radius 1 is 0.273 bits per heavy atom. The van der Waals surface area contributed by atoms with Gasteiger partial charge in [-0.05, 0) is 145 Å². The zero-order valence-corrected chi connectivity index (χ0v) is 62.7. The number of furan rings is 2. The highest BCUT2D eigenvalue weighted by Crippen LogP contribution is 2.46. The maximum atomic E-state index is 6.74. The van der Waals surface area contributed by atoms with Crippen LogP contribution in [0.3, 0.4) is 0 Å². The summed E-state index contributed by atoms with van der Waals surface area (Å²) in [4.78, 5) is 28.6. The molecule has 10 nitrogen and oxygen atoms in total. The van der Waals surface area contributed by atoms with Crippen LogP contribution in [0.2, 0.25) is 5.28 Å². The van der Waals surface area contributed by atoms with Crippen LogP contribution in [0.15, 0.2) is 336 Å². The summed E-state index contributed by atoms with van der Waals surface area (Å²) < 4.78 is 30.6. The van der Waals surface area contributed by atoms with Crippen LogP contribution in [-0.2, 0) is 9.31 Å². The molecule has 0 aliphatic carbocycles. The maximum Gasteiger partial charge on any atom is 0.494 e. The van der Waals surface area contributed by atoms with Crippen LogP contribution in [0.1, 0.15) is 27.7 Å². The molecule has 1 fully saturated rings. The largest absolute Gasteiger partial charge is 0.494 e. The van der Waals surface area contributed by atoms with Crippen molar-refractivity contribution in [2.24, 2.45) is 0 Å². The van der Waals surface area contributed by atoms with Gasteiger partial charge in [0.05, 0.1) is 11.2 Å². The number of rotatable bonds is 10. The van der Waals surface area contributed by atoms with Crippen LogP contribution in [0.25, 0.3) is 186 Å². The molecule has 14 heteroatoms. The summed E-state index contributed by atoms with van der Waals surface area (Å²) in [6.45, 7) is 8.29. The van der Waals surface area contributed by atoms with E-state index in [2.05, 4.69) is 268 Å². The molecule has 0 unspecified atom stereocenters. The van der Waals surface area contributed by atoms with Crippen molar-refractivity contribution in [3.8, 4) is 101 Å². The smallest absolute Gasteiger partial charge is 0.455 e. The minimum absolute atomic E-state index is 0.201. The summed E-state index contributed by atoms with van der Waals surface area (Å²) in [5, 5.41) is 9.43. The molecular formula is C96H66BClN6O4S2. The van der Waals surface area contributed by atoms with Crippen LogP contribution in [0, 0.1) is 0 Å². The fourth-order valence-electron chi connectivity index (χ4n) is 14.7. The second-order valence-electron chi connectivity index (χ2n) is 28.4. The quantitative estimate of drug-likeness (QED) is 0.122. The predicted octanol–water partition coefficient (Wildman–Crippen LogP) is 25.9. The number of benzene rings is 14. The van der Waals surface area contributed by atoms with Crippen LogP contribution < -0.4 is 5.46 Å². The van der Waals surface area contributed by atoms with Crippen LogP contribution in [0.5, 0.6) is 0 Å². The average Bonchev–Trinajstić information content (AvgIpc) is 1.55. The Hall–Kier alpha value is -12.6. The Balaban J connectivity index is 0.000000119. The number of fused-ring (bicyclic) bond motifs is 12. The Kier molecular flexibility index (Phi) is 17.4. The summed E-state index contributed by atoms with van der Waals surface area (Å²) in [6, 6.07) is 113. The Bertz CT molecular complexity index is 6860. The molecule has 0 spiro atoms. The van der Waals surface area contributed by atoms with Crippen LogP contribution in [0.4, 0.5) is 0 Å². The lowest BCUT2D eigenvalue weighted by Gasteiger charge is -2.32. The van der Waals surface area contributed by atoms with E-state index in [-0.39, 0.29) is 16.5 Å². The number of aromatic nitrogens is 6. The molecule has 0 N–H and O–H groups in total. The van der Waals surface area contributed by atoms with Gasteiger partial charge in [0, 0.05) is 101 Å². The van der Waals surface area contributed by atoms with E-state index >= 15 is 0 Å². The van der Waals surface area contributed by atoms with Gasteiger partial charge in [0.1, 0.15) is 22.3 Å². The van der Waals surface area contributed by atoms with Gasteiger partial charge in [-0.15, -0.1) is 22.7 Å². The number of halogens is 1. The molecule has 0 atom stereocenters. The minimum atomic E-state index is -0.420. The second-order valence-corrected chi connectivity index (χ2v) is 30.8. The molecule has 6 aromatic heterocycles. The SMILES string of the molecule is CC1(C)OB(c2ccc3c(c2)oc2c(-c4ccccc4)cc(-c4ccccc4)cc23)OC1(C)C.Clc1nc(-c2ccccc2)nc(-c2cccc3c2sc2ccccc23)n1.c1ccc(-c2cc(-c3ccccc3)c3oc4cc(-c5nc(-c6ccccc6)nc(-c6cccc7c6sc6ccccc67)n5)ccc4c3c2)cc1. The van der Waals surface area contributed by atoms with E-state index in [1.54, 1.807) is 22.7 Å². The Morgan fingerprint density at radius 3 is 1.11 bits per heavy atom. The highest BCUT2D eigenvalue weighted by atomic mass is 35.5. The first-order valence-electron chi connectivity index (χ1n) is 36.6. The normalized spacial score (nSPS) is 13.2. The summed E-state index contributed by atoms with van der Waals surface area (Å²) in [6.07, 6.45) is 0. The highest BCUT2D eigenvalue weighted by molar-refractivity contribution is 7.26.